The van der Waals surface area contributed by atoms with E-state index in [1.807, 2.05) is 24.3 Å². The van der Waals surface area contributed by atoms with Crippen LogP contribution in [0.3, 0.4) is 0 Å². The summed E-state index contributed by atoms with van der Waals surface area (Å²) in [4.78, 5) is 0. The van der Waals surface area contributed by atoms with Crippen LogP contribution >= 0.6 is 0 Å². The molecule has 57 heavy (non-hydrogen) atoms. The first-order chi connectivity index (χ1) is 32.0. The zero-order valence-electron chi connectivity index (χ0n) is 39.2. The lowest BCUT2D eigenvalue weighted by atomic mass is 9.87. The van der Waals surface area contributed by atoms with Crippen molar-refractivity contribution >= 4 is 86.6 Å². The van der Waals surface area contributed by atoms with Crippen molar-refractivity contribution in [3.8, 4) is 44.5 Å². The number of hydrogen-bond donors (Lipinski definition) is 0. The molecule has 0 aliphatic rings. The van der Waals surface area contributed by atoms with Gasteiger partial charge in [-0.2, -0.15) is 0 Å². The highest BCUT2D eigenvalue weighted by Gasteiger charge is 2.22. The maximum atomic E-state index is 9.22. The molecular weight excluding hydrogens is 689 g/mol. The number of fused-ring (bicyclic) bond motifs is 3. The zero-order chi connectivity index (χ0) is 45.0. The Bertz CT molecular complexity index is 4200. The molecule has 262 valence electrons. The molecule has 1 heterocycles. The second-order valence-electron chi connectivity index (χ2n) is 14.9. The molecule has 13 rings (SSSR count). The third-order valence-electron chi connectivity index (χ3n) is 11.9. The van der Waals surface area contributed by atoms with Gasteiger partial charge in [-0.25, -0.2) is 0 Å². The van der Waals surface area contributed by atoms with E-state index in [9.17, 15) is 5.48 Å². The van der Waals surface area contributed by atoms with E-state index in [1.54, 1.807) is 0 Å². The Morgan fingerprint density at radius 2 is 0.702 bits per heavy atom. The van der Waals surface area contributed by atoms with Crippen molar-refractivity contribution in [2.45, 2.75) is 0 Å². The predicted octanol–water partition coefficient (Wildman–Crippen LogP) is 16.0. The molecule has 0 radical (unpaired) electrons. The van der Waals surface area contributed by atoms with Crippen LogP contribution in [0.1, 0.15) is 12.3 Å². The highest BCUT2D eigenvalue weighted by Crippen LogP contribution is 2.48. The Morgan fingerprint density at radius 3 is 1.18 bits per heavy atom. The molecule has 0 N–H and O–H groups in total. The third kappa shape index (κ3) is 4.40. The summed E-state index contributed by atoms with van der Waals surface area (Å²) >= 11 is 0. The van der Waals surface area contributed by atoms with Gasteiger partial charge in [-0.05, 0) is 122 Å². The molecule has 0 spiro atoms. The van der Waals surface area contributed by atoms with E-state index in [1.165, 1.54) is 6.07 Å². The van der Waals surface area contributed by atoms with E-state index < -0.39 is 18.1 Å². The molecule has 0 aliphatic heterocycles. The predicted molar refractivity (Wildman–Crippen MR) is 243 cm³/mol. The molecule has 0 saturated carbocycles. The van der Waals surface area contributed by atoms with Crippen molar-refractivity contribution in [2.75, 3.05) is 0 Å². The number of benzene rings is 12. The Morgan fingerprint density at radius 1 is 0.298 bits per heavy atom. The number of furan rings is 1. The van der Waals surface area contributed by atoms with Crippen LogP contribution in [0, 0.1) is 0 Å². The lowest BCUT2D eigenvalue weighted by Gasteiger charge is -2.15. The average molecular weight is 730 g/mol. The van der Waals surface area contributed by atoms with Gasteiger partial charge in [-0.3, -0.25) is 0 Å². The minimum atomic E-state index is -0.509. The molecule has 0 fully saturated rings. The standard InChI is InChI=1S/C56H32O/c1-3-9-33(10-4-1)47-29-41(43-25-21-39-19-17-35-13-7-15-37-23-27-45(43)53(39)51(35)37)31-49-50-32-42(30-48(56(50)57-55(47)49)34-11-5-2-6-12-34)44-26-22-40-20-18-36-14-8-16-38-24-28-46(44)54(40)52(36)38/h1-32H/i1D,3D,4D,5D,6D,9D,10D,11D,12D. The van der Waals surface area contributed by atoms with Crippen molar-refractivity contribution in [1.29, 1.82) is 0 Å². The van der Waals surface area contributed by atoms with Crippen molar-refractivity contribution < 1.29 is 16.8 Å². The highest BCUT2D eigenvalue weighted by molar-refractivity contribution is 6.27. The van der Waals surface area contributed by atoms with Crippen LogP contribution in [0.2, 0.25) is 0 Å². The molecule has 1 heteroatoms. The summed E-state index contributed by atoms with van der Waals surface area (Å²) in [7, 11) is 0. The summed E-state index contributed by atoms with van der Waals surface area (Å²) in [6.45, 7) is 0. The maximum Gasteiger partial charge on any atom is 0.143 e. The van der Waals surface area contributed by atoms with Gasteiger partial charge < -0.3 is 4.42 Å². The summed E-state index contributed by atoms with van der Waals surface area (Å²) in [5, 5.41) is 14.3. The van der Waals surface area contributed by atoms with Crippen LogP contribution in [0.25, 0.3) is 131 Å². The summed E-state index contributed by atoms with van der Waals surface area (Å²) in [5.74, 6) is 0. The molecule has 0 unspecified atom stereocenters. The SMILES string of the molecule is [2H]c1cc([2H])c([2H])c(-c2cc(-c3ccc4ccc5cccc6ccc3c4c56)cc3c2oc2c(-c4c([2H])c([2H])c([2H])c([2H])c4[2H])cc(-c4ccc5ccc6cccc7ccc4c5c67)cc23)c1[2H]. The molecule has 1 nitrogen and oxygen atoms in total. The van der Waals surface area contributed by atoms with Crippen molar-refractivity contribution in [2.24, 2.45) is 0 Å². The topological polar surface area (TPSA) is 13.1 Å². The van der Waals surface area contributed by atoms with E-state index >= 15 is 0 Å². The van der Waals surface area contributed by atoms with Crippen LogP contribution in [0.4, 0.5) is 0 Å². The van der Waals surface area contributed by atoms with E-state index in [2.05, 4.69) is 109 Å². The zero-order valence-corrected chi connectivity index (χ0v) is 30.2. The number of rotatable bonds is 4. The minimum absolute atomic E-state index is 0.0258. The molecule has 13 aromatic rings. The molecule has 0 bridgehead atoms. The van der Waals surface area contributed by atoms with Gasteiger partial charge in [0.05, 0.1) is 12.3 Å². The average Bonchev–Trinajstić information content (AvgIpc) is 3.72. The number of hydrogen-bond acceptors (Lipinski definition) is 1. The van der Waals surface area contributed by atoms with Gasteiger partial charge in [0.25, 0.3) is 0 Å². The van der Waals surface area contributed by atoms with Crippen molar-refractivity contribution in [3.05, 3.63) is 194 Å². The monoisotopic (exact) mass is 729 g/mol. The van der Waals surface area contributed by atoms with Crippen LogP contribution in [-0.4, -0.2) is 0 Å². The van der Waals surface area contributed by atoms with E-state index in [0.29, 0.717) is 16.3 Å². The Labute approximate surface area is 341 Å². The van der Waals surface area contributed by atoms with Crippen molar-refractivity contribution in [1.82, 2.24) is 0 Å². The van der Waals surface area contributed by atoms with Gasteiger partial charge in [0.15, 0.2) is 0 Å². The van der Waals surface area contributed by atoms with Gasteiger partial charge in [-0.15, -0.1) is 0 Å². The summed E-state index contributed by atoms with van der Waals surface area (Å²) in [6.07, 6.45) is 0. The molecule has 0 atom stereocenters. The third-order valence-corrected chi connectivity index (χ3v) is 11.9. The molecule has 0 amide bonds. The van der Waals surface area contributed by atoms with Crippen LogP contribution in [-0.2, 0) is 0 Å². The minimum Gasteiger partial charge on any atom is -0.455 e. The Kier molecular flexibility index (Phi) is 4.74. The molecular formula is C56H32O. The highest BCUT2D eigenvalue weighted by atomic mass is 16.3. The largest absolute Gasteiger partial charge is 0.455 e. The first kappa shape index (κ1) is 23.4. The summed E-state index contributed by atoms with van der Waals surface area (Å²) < 4.78 is 87.1. The normalized spacial score (nSPS) is 14.4. The maximum absolute atomic E-state index is 9.22. The van der Waals surface area contributed by atoms with Crippen LogP contribution < -0.4 is 0 Å². The van der Waals surface area contributed by atoms with Gasteiger partial charge in [-0.1, -0.05) is 170 Å². The summed E-state index contributed by atoms with van der Waals surface area (Å²) in [6, 6.07) is 43.7. The lowest BCUT2D eigenvalue weighted by molar-refractivity contribution is 0.671. The second kappa shape index (κ2) is 11.5. The molecule has 0 saturated heterocycles. The van der Waals surface area contributed by atoms with Crippen LogP contribution in [0.15, 0.2) is 198 Å². The molecule has 0 aliphatic carbocycles. The summed E-state index contributed by atoms with van der Waals surface area (Å²) in [5.41, 5.74) is 4.41. The quantitative estimate of drug-likeness (QED) is 0.164. The second-order valence-corrected chi connectivity index (χ2v) is 14.9. The van der Waals surface area contributed by atoms with Gasteiger partial charge in [0.1, 0.15) is 11.2 Å². The Hall–Kier alpha value is -7.48. The van der Waals surface area contributed by atoms with Gasteiger partial charge in [0, 0.05) is 21.9 Å². The van der Waals surface area contributed by atoms with Crippen LogP contribution in [0.5, 0.6) is 0 Å². The molecule has 12 aromatic carbocycles. The first-order valence-corrected chi connectivity index (χ1v) is 19.0. The van der Waals surface area contributed by atoms with Gasteiger partial charge in [0.2, 0.25) is 0 Å². The fraction of sp³-hybridized carbons (Fsp3) is 0. The Balaban J connectivity index is 1.20. The van der Waals surface area contributed by atoms with Gasteiger partial charge >= 0.3 is 0 Å². The first-order valence-electron chi connectivity index (χ1n) is 23.5. The fourth-order valence-corrected chi connectivity index (χ4v) is 9.44. The van der Waals surface area contributed by atoms with Crippen molar-refractivity contribution in [3.63, 3.8) is 0 Å². The van der Waals surface area contributed by atoms with E-state index in [0.717, 1.165) is 86.9 Å². The van der Waals surface area contributed by atoms with E-state index in [4.69, 9.17) is 11.3 Å². The fourth-order valence-electron chi connectivity index (χ4n) is 9.44. The lowest BCUT2D eigenvalue weighted by Crippen LogP contribution is -1.89. The smallest absolute Gasteiger partial charge is 0.143 e. The van der Waals surface area contributed by atoms with E-state index in [-0.39, 0.29) is 64.1 Å². The molecule has 1 aromatic heterocycles.